The van der Waals surface area contributed by atoms with Crippen LogP contribution in [0.3, 0.4) is 0 Å². The molecule has 0 amide bonds. The molecular formula is C10H22O2Si. The molecule has 0 rings (SSSR count). The van der Waals surface area contributed by atoms with E-state index in [9.17, 15) is 4.79 Å². The van der Waals surface area contributed by atoms with E-state index < -0.39 is 8.32 Å². The third-order valence-corrected chi connectivity index (χ3v) is 7.25. The molecule has 0 aliphatic heterocycles. The molecule has 2 nitrogen and oxygen atoms in total. The van der Waals surface area contributed by atoms with Crippen molar-refractivity contribution in [3.05, 3.63) is 0 Å². The molecule has 0 bridgehead atoms. The van der Waals surface area contributed by atoms with Crippen molar-refractivity contribution in [3.8, 4) is 0 Å². The Morgan fingerprint density at radius 2 is 1.85 bits per heavy atom. The first-order valence-electron chi connectivity index (χ1n) is 4.80. The van der Waals surface area contributed by atoms with E-state index in [1.54, 1.807) is 0 Å². The van der Waals surface area contributed by atoms with Crippen LogP contribution < -0.4 is 0 Å². The highest BCUT2D eigenvalue weighted by Gasteiger charge is 2.37. The fraction of sp³-hybridized carbons (Fsp3) is 0.900. The van der Waals surface area contributed by atoms with Gasteiger partial charge < -0.3 is 9.22 Å². The van der Waals surface area contributed by atoms with Crippen molar-refractivity contribution in [2.24, 2.45) is 5.92 Å². The lowest BCUT2D eigenvalue weighted by atomic mass is 10.2. The quantitative estimate of drug-likeness (QED) is 0.517. The first-order chi connectivity index (χ1) is 5.70. The van der Waals surface area contributed by atoms with Gasteiger partial charge in [-0.3, -0.25) is 0 Å². The van der Waals surface area contributed by atoms with Crippen LogP contribution in [0.2, 0.25) is 18.1 Å². The third-order valence-electron chi connectivity index (χ3n) is 2.75. The number of hydrogen-bond acceptors (Lipinski definition) is 2. The van der Waals surface area contributed by atoms with Crippen molar-refractivity contribution < 1.29 is 9.22 Å². The molecule has 0 fully saturated rings. The summed E-state index contributed by atoms with van der Waals surface area (Å²) in [6.45, 7) is 13.5. The van der Waals surface area contributed by atoms with E-state index in [0.717, 1.165) is 6.29 Å². The van der Waals surface area contributed by atoms with Crippen LogP contribution in [0.15, 0.2) is 0 Å². The SMILES string of the molecule is C[C@H](C=O)CO[Si](C)(C)C(C)(C)C. The number of carbonyl (C=O) groups is 1. The van der Waals surface area contributed by atoms with Crippen LogP contribution in [0.1, 0.15) is 27.7 Å². The van der Waals surface area contributed by atoms with Gasteiger partial charge in [0.15, 0.2) is 8.32 Å². The minimum atomic E-state index is -1.64. The zero-order chi connectivity index (χ0) is 10.7. The third kappa shape index (κ3) is 4.05. The second kappa shape index (κ2) is 4.38. The van der Waals surface area contributed by atoms with Gasteiger partial charge >= 0.3 is 0 Å². The average molecular weight is 202 g/mol. The normalized spacial score (nSPS) is 15.5. The highest BCUT2D eigenvalue weighted by molar-refractivity contribution is 6.74. The van der Waals surface area contributed by atoms with Gasteiger partial charge in [-0.05, 0) is 18.1 Å². The first kappa shape index (κ1) is 12.8. The maximum absolute atomic E-state index is 10.4. The molecule has 78 valence electrons. The van der Waals surface area contributed by atoms with Crippen molar-refractivity contribution in [2.75, 3.05) is 6.61 Å². The van der Waals surface area contributed by atoms with Gasteiger partial charge in [0.1, 0.15) is 6.29 Å². The molecule has 1 atom stereocenters. The summed E-state index contributed by atoms with van der Waals surface area (Å²) in [5.41, 5.74) is 0. The molecule has 0 aliphatic rings. The van der Waals surface area contributed by atoms with E-state index in [-0.39, 0.29) is 11.0 Å². The van der Waals surface area contributed by atoms with E-state index in [2.05, 4.69) is 33.9 Å². The van der Waals surface area contributed by atoms with Crippen molar-refractivity contribution in [2.45, 2.75) is 45.8 Å². The second-order valence-corrected chi connectivity index (χ2v) is 9.99. The van der Waals surface area contributed by atoms with E-state index in [0.29, 0.717) is 6.61 Å². The van der Waals surface area contributed by atoms with Crippen LogP contribution in [0, 0.1) is 5.92 Å². The topological polar surface area (TPSA) is 26.3 Å². The summed E-state index contributed by atoms with van der Waals surface area (Å²) >= 11 is 0. The Labute approximate surface area is 82.8 Å². The Hall–Kier alpha value is -0.153. The van der Waals surface area contributed by atoms with Crippen LogP contribution >= 0.6 is 0 Å². The number of rotatable bonds is 4. The molecule has 0 N–H and O–H groups in total. The predicted octanol–water partition coefficient (Wildman–Crippen LogP) is 2.84. The molecule has 0 aromatic heterocycles. The number of carbonyl (C=O) groups excluding carboxylic acids is 1. The standard InChI is InChI=1S/C10H22O2Si/c1-9(7-11)8-12-13(5,6)10(2,3)4/h7,9H,8H2,1-6H3/t9-/m1/s1. The van der Waals surface area contributed by atoms with Gasteiger partial charge in [0.25, 0.3) is 0 Å². The minimum absolute atomic E-state index is 0.0223. The predicted molar refractivity (Wildman–Crippen MR) is 58.4 cm³/mol. The van der Waals surface area contributed by atoms with Gasteiger partial charge in [0.2, 0.25) is 0 Å². The van der Waals surface area contributed by atoms with E-state index >= 15 is 0 Å². The summed E-state index contributed by atoms with van der Waals surface area (Å²) in [4.78, 5) is 10.4. The monoisotopic (exact) mass is 202 g/mol. The van der Waals surface area contributed by atoms with Crippen molar-refractivity contribution in [1.29, 1.82) is 0 Å². The summed E-state index contributed by atoms with van der Waals surface area (Å²) in [5.74, 6) is 0.0223. The molecule has 3 heteroatoms. The highest BCUT2D eigenvalue weighted by Crippen LogP contribution is 2.36. The van der Waals surface area contributed by atoms with Crippen molar-refractivity contribution in [1.82, 2.24) is 0 Å². The number of aldehydes is 1. The molecule has 0 radical (unpaired) electrons. The summed E-state index contributed by atoms with van der Waals surface area (Å²) < 4.78 is 5.85. The Bertz CT molecular complexity index is 170. The molecule has 0 unspecified atom stereocenters. The molecule has 13 heavy (non-hydrogen) atoms. The minimum Gasteiger partial charge on any atom is -0.416 e. The summed E-state index contributed by atoms with van der Waals surface area (Å²) in [6, 6.07) is 0. The molecule has 0 saturated carbocycles. The summed E-state index contributed by atoms with van der Waals surface area (Å²) in [5, 5.41) is 0.232. The fourth-order valence-corrected chi connectivity index (χ4v) is 1.71. The first-order valence-corrected chi connectivity index (χ1v) is 7.71. The molecule has 0 heterocycles. The Kier molecular flexibility index (Phi) is 4.32. The van der Waals surface area contributed by atoms with E-state index in [1.807, 2.05) is 6.92 Å². The van der Waals surface area contributed by atoms with Gasteiger partial charge in [-0.2, -0.15) is 0 Å². The van der Waals surface area contributed by atoms with Crippen LogP contribution in [0.4, 0.5) is 0 Å². The van der Waals surface area contributed by atoms with Crippen LogP contribution in [0.5, 0.6) is 0 Å². The lowest BCUT2D eigenvalue weighted by Crippen LogP contribution is -2.41. The van der Waals surface area contributed by atoms with E-state index in [4.69, 9.17) is 4.43 Å². The Morgan fingerprint density at radius 1 is 1.38 bits per heavy atom. The largest absolute Gasteiger partial charge is 0.416 e. The van der Waals surface area contributed by atoms with Crippen molar-refractivity contribution in [3.63, 3.8) is 0 Å². The van der Waals surface area contributed by atoms with Gasteiger partial charge in [0, 0.05) is 12.5 Å². The number of hydrogen-bond donors (Lipinski definition) is 0. The molecule has 0 aromatic carbocycles. The molecule has 0 aliphatic carbocycles. The molecule has 0 aromatic rings. The van der Waals surface area contributed by atoms with Crippen LogP contribution in [0.25, 0.3) is 0 Å². The van der Waals surface area contributed by atoms with Gasteiger partial charge in [-0.25, -0.2) is 0 Å². The van der Waals surface area contributed by atoms with Gasteiger partial charge in [0.05, 0.1) is 0 Å². The second-order valence-electron chi connectivity index (χ2n) is 5.18. The van der Waals surface area contributed by atoms with Crippen LogP contribution in [-0.2, 0) is 9.22 Å². The summed E-state index contributed by atoms with van der Waals surface area (Å²) in [7, 11) is -1.64. The maximum atomic E-state index is 10.4. The highest BCUT2D eigenvalue weighted by atomic mass is 28.4. The molecule has 0 spiro atoms. The van der Waals surface area contributed by atoms with Gasteiger partial charge in [-0.15, -0.1) is 0 Å². The lowest BCUT2D eigenvalue weighted by Gasteiger charge is -2.36. The average Bonchev–Trinajstić information content (AvgIpc) is 1.98. The summed E-state index contributed by atoms with van der Waals surface area (Å²) in [6.07, 6.45) is 0.952. The smallest absolute Gasteiger partial charge is 0.192 e. The van der Waals surface area contributed by atoms with Crippen LogP contribution in [-0.4, -0.2) is 21.2 Å². The lowest BCUT2D eigenvalue weighted by molar-refractivity contribution is -0.111. The maximum Gasteiger partial charge on any atom is 0.192 e. The van der Waals surface area contributed by atoms with Crippen molar-refractivity contribution >= 4 is 14.6 Å². The zero-order valence-corrected chi connectivity index (χ0v) is 10.7. The Morgan fingerprint density at radius 3 is 2.15 bits per heavy atom. The molecule has 0 saturated heterocycles. The molecular weight excluding hydrogens is 180 g/mol. The Balaban J connectivity index is 4.11. The van der Waals surface area contributed by atoms with Gasteiger partial charge in [-0.1, -0.05) is 27.7 Å². The fourth-order valence-electron chi connectivity index (χ4n) is 0.596. The van der Waals surface area contributed by atoms with E-state index in [1.165, 1.54) is 0 Å². The zero-order valence-electron chi connectivity index (χ0n) is 9.68.